The van der Waals surface area contributed by atoms with E-state index >= 15 is 0 Å². The van der Waals surface area contributed by atoms with Gasteiger partial charge in [-0.2, -0.15) is 0 Å². The number of aryl methyl sites for hydroxylation is 2. The van der Waals surface area contributed by atoms with Crippen molar-refractivity contribution in [2.45, 2.75) is 36.8 Å². The van der Waals surface area contributed by atoms with Crippen LogP contribution < -0.4 is 4.90 Å². The Labute approximate surface area is 191 Å². The Kier molecular flexibility index (Phi) is 6.13. The van der Waals surface area contributed by atoms with Crippen LogP contribution in [0.3, 0.4) is 0 Å². The molecule has 0 amide bonds. The third-order valence-corrected chi connectivity index (χ3v) is 9.46. The molecule has 0 N–H and O–H groups in total. The molecule has 0 saturated carbocycles. The van der Waals surface area contributed by atoms with Gasteiger partial charge in [0.2, 0.25) is 0 Å². The van der Waals surface area contributed by atoms with Crippen LogP contribution in [-0.4, -0.2) is 31.7 Å². The summed E-state index contributed by atoms with van der Waals surface area (Å²) >= 11 is 13.7. The van der Waals surface area contributed by atoms with Gasteiger partial charge in [0, 0.05) is 29.1 Å². The number of aromatic nitrogens is 1. The molecule has 0 spiro atoms. The maximum Gasteiger partial charge on any atom is 0.185 e. The second-order valence-corrected chi connectivity index (χ2v) is 11.5. The van der Waals surface area contributed by atoms with Crippen LogP contribution in [0.4, 0.5) is 5.13 Å². The summed E-state index contributed by atoms with van der Waals surface area (Å²) in [7, 11) is -3.50. The Morgan fingerprint density at radius 2 is 1.73 bits per heavy atom. The van der Waals surface area contributed by atoms with Gasteiger partial charge in [-0.1, -0.05) is 41.4 Å². The highest BCUT2D eigenvalue weighted by molar-refractivity contribution is 7.92. The van der Waals surface area contributed by atoms with Crippen molar-refractivity contribution in [3.8, 4) is 11.3 Å². The monoisotopic (exact) mass is 480 g/mol. The lowest BCUT2D eigenvalue weighted by atomic mass is 10.0. The smallest absolute Gasteiger partial charge is 0.185 e. The summed E-state index contributed by atoms with van der Waals surface area (Å²) < 4.78 is 26.1. The van der Waals surface area contributed by atoms with Crippen LogP contribution in [0.25, 0.3) is 11.3 Å². The fourth-order valence-electron chi connectivity index (χ4n) is 3.99. The normalized spacial score (nSPS) is 15.5. The second-order valence-electron chi connectivity index (χ2n) is 7.59. The fraction of sp³-hybridized carbons (Fsp3) is 0.318. The third kappa shape index (κ3) is 4.11. The average Bonchev–Trinajstić information content (AvgIpc) is 3.17. The molecule has 158 valence electrons. The van der Waals surface area contributed by atoms with Crippen LogP contribution >= 0.6 is 34.5 Å². The largest absolute Gasteiger partial charge is 0.348 e. The molecule has 2 heterocycles. The predicted octanol–water partition coefficient (Wildman–Crippen LogP) is 6.18. The zero-order valence-corrected chi connectivity index (χ0v) is 19.9. The van der Waals surface area contributed by atoms with Crippen molar-refractivity contribution < 1.29 is 8.42 Å². The number of benzene rings is 2. The molecule has 4 nitrogen and oxygen atoms in total. The average molecular weight is 481 g/mol. The molecule has 0 aliphatic carbocycles. The lowest BCUT2D eigenvalue weighted by Crippen LogP contribution is -2.39. The van der Waals surface area contributed by atoms with Gasteiger partial charge >= 0.3 is 0 Å². The molecular formula is C22H22Cl2N2O2S2. The van der Waals surface area contributed by atoms with E-state index < -0.39 is 15.1 Å². The quantitative estimate of drug-likeness (QED) is 0.447. The van der Waals surface area contributed by atoms with Crippen LogP contribution in [0, 0.1) is 13.8 Å². The summed E-state index contributed by atoms with van der Waals surface area (Å²) in [4.78, 5) is 7.20. The van der Waals surface area contributed by atoms with E-state index in [1.165, 1.54) is 28.8 Å². The number of nitrogens with zero attached hydrogens (tertiary/aromatic N) is 2. The lowest BCUT2D eigenvalue weighted by Gasteiger charge is -2.31. The van der Waals surface area contributed by atoms with Gasteiger partial charge in [0.1, 0.15) is 0 Å². The van der Waals surface area contributed by atoms with Crippen molar-refractivity contribution in [3.05, 3.63) is 63.0 Å². The standard InChI is InChI=1S/C22H22Cl2N2O2S2/c1-14-4-3-5-15(2)21(14)19-13-29-22(25-19)26-10-8-17(9-11-26)30(27,28)20-7-6-16(23)12-18(20)24/h3-7,12-13,17H,8-11H2,1-2H3. The van der Waals surface area contributed by atoms with E-state index in [0.29, 0.717) is 31.0 Å². The van der Waals surface area contributed by atoms with Gasteiger partial charge in [0.15, 0.2) is 15.0 Å². The van der Waals surface area contributed by atoms with Crippen LogP contribution in [0.15, 0.2) is 46.7 Å². The zero-order chi connectivity index (χ0) is 21.5. The number of anilines is 1. The van der Waals surface area contributed by atoms with E-state index in [4.69, 9.17) is 28.2 Å². The van der Waals surface area contributed by atoms with Gasteiger partial charge in [0.25, 0.3) is 0 Å². The van der Waals surface area contributed by atoms with Gasteiger partial charge in [-0.25, -0.2) is 13.4 Å². The van der Waals surface area contributed by atoms with E-state index in [0.717, 1.165) is 10.8 Å². The number of hydrogen-bond acceptors (Lipinski definition) is 5. The van der Waals surface area contributed by atoms with E-state index in [1.807, 2.05) is 0 Å². The Bertz CT molecular complexity index is 1160. The first kappa shape index (κ1) is 21.6. The molecule has 1 saturated heterocycles. The highest BCUT2D eigenvalue weighted by Gasteiger charge is 2.33. The predicted molar refractivity (Wildman–Crippen MR) is 126 cm³/mol. The van der Waals surface area contributed by atoms with E-state index in [1.54, 1.807) is 17.4 Å². The molecule has 1 aliphatic rings. The van der Waals surface area contributed by atoms with Gasteiger partial charge in [-0.05, 0) is 56.0 Å². The Morgan fingerprint density at radius 1 is 1.07 bits per heavy atom. The maximum atomic E-state index is 13.1. The molecule has 3 aromatic rings. The van der Waals surface area contributed by atoms with Crippen molar-refractivity contribution in [3.63, 3.8) is 0 Å². The summed E-state index contributed by atoms with van der Waals surface area (Å²) in [6.45, 7) is 5.49. The Hall–Kier alpha value is -1.60. The number of piperidine rings is 1. The minimum atomic E-state index is -3.50. The highest BCUT2D eigenvalue weighted by Crippen LogP contribution is 2.35. The third-order valence-electron chi connectivity index (χ3n) is 5.58. The minimum Gasteiger partial charge on any atom is -0.348 e. The van der Waals surface area contributed by atoms with Crippen molar-refractivity contribution in [1.29, 1.82) is 0 Å². The summed E-state index contributed by atoms with van der Waals surface area (Å²) in [5.41, 5.74) is 4.57. The van der Waals surface area contributed by atoms with E-state index in [2.05, 4.69) is 42.3 Å². The molecule has 1 aromatic heterocycles. The first-order valence-corrected chi connectivity index (χ1v) is 12.9. The molecule has 0 atom stereocenters. The van der Waals surface area contributed by atoms with Crippen LogP contribution in [-0.2, 0) is 9.84 Å². The topological polar surface area (TPSA) is 50.3 Å². The minimum absolute atomic E-state index is 0.165. The maximum absolute atomic E-state index is 13.1. The molecule has 30 heavy (non-hydrogen) atoms. The highest BCUT2D eigenvalue weighted by atomic mass is 35.5. The Morgan fingerprint density at radius 3 is 2.37 bits per heavy atom. The summed E-state index contributed by atoms with van der Waals surface area (Å²) in [5, 5.41) is 3.18. The molecule has 1 fully saturated rings. The summed E-state index contributed by atoms with van der Waals surface area (Å²) in [5.74, 6) is 0. The zero-order valence-electron chi connectivity index (χ0n) is 16.7. The SMILES string of the molecule is Cc1cccc(C)c1-c1csc(N2CCC(S(=O)(=O)c3ccc(Cl)cc3Cl)CC2)n1. The first-order chi connectivity index (χ1) is 14.3. The van der Waals surface area contributed by atoms with Crippen LogP contribution in [0.1, 0.15) is 24.0 Å². The molecular weight excluding hydrogens is 459 g/mol. The molecule has 4 rings (SSSR count). The van der Waals surface area contributed by atoms with E-state index in [-0.39, 0.29) is 9.92 Å². The van der Waals surface area contributed by atoms with Crippen LogP contribution in [0.2, 0.25) is 10.0 Å². The summed E-state index contributed by atoms with van der Waals surface area (Å²) in [6, 6.07) is 10.8. The van der Waals surface area contributed by atoms with Crippen molar-refractivity contribution >= 4 is 49.5 Å². The summed E-state index contributed by atoms with van der Waals surface area (Å²) in [6.07, 6.45) is 1.08. The van der Waals surface area contributed by atoms with Crippen molar-refractivity contribution in [1.82, 2.24) is 4.98 Å². The number of thiazole rings is 1. The first-order valence-electron chi connectivity index (χ1n) is 9.73. The van der Waals surface area contributed by atoms with Crippen molar-refractivity contribution in [2.24, 2.45) is 0 Å². The number of sulfone groups is 1. The second kappa shape index (κ2) is 8.50. The molecule has 0 radical (unpaired) electrons. The molecule has 0 bridgehead atoms. The lowest BCUT2D eigenvalue weighted by molar-refractivity contribution is 0.529. The van der Waals surface area contributed by atoms with Crippen LogP contribution in [0.5, 0.6) is 0 Å². The number of halogens is 2. The van der Waals surface area contributed by atoms with Crippen molar-refractivity contribution in [2.75, 3.05) is 18.0 Å². The number of rotatable bonds is 4. The Balaban J connectivity index is 1.50. The van der Waals surface area contributed by atoms with Gasteiger partial charge in [0.05, 0.1) is 20.9 Å². The number of hydrogen-bond donors (Lipinski definition) is 0. The molecule has 2 aromatic carbocycles. The van der Waals surface area contributed by atoms with E-state index in [9.17, 15) is 8.42 Å². The fourth-order valence-corrected chi connectivity index (χ4v) is 7.37. The van der Waals surface area contributed by atoms with Gasteiger partial charge < -0.3 is 4.90 Å². The molecule has 8 heteroatoms. The molecule has 0 unspecified atom stereocenters. The van der Waals surface area contributed by atoms with Gasteiger partial charge in [-0.3, -0.25) is 0 Å². The van der Waals surface area contributed by atoms with Gasteiger partial charge in [-0.15, -0.1) is 11.3 Å². The molecule has 1 aliphatic heterocycles.